The number of hydrazine groups is 1. The number of rotatable bonds is 2. The summed E-state index contributed by atoms with van der Waals surface area (Å²) in [6, 6.07) is 0. The van der Waals surface area contributed by atoms with E-state index in [0.717, 1.165) is 19.8 Å². The normalized spacial score (nSPS) is 23.3. The fourth-order valence-corrected chi connectivity index (χ4v) is 0.953. The van der Waals surface area contributed by atoms with Crippen LogP contribution < -0.4 is 5.43 Å². The van der Waals surface area contributed by atoms with Gasteiger partial charge in [-0.05, 0) is 7.05 Å². The van der Waals surface area contributed by atoms with Gasteiger partial charge in [0.2, 0.25) is 0 Å². The number of nitrogens with one attached hydrogen (secondary N) is 1. The second-order valence-corrected chi connectivity index (χ2v) is 2.30. The van der Waals surface area contributed by atoms with E-state index in [9.17, 15) is 0 Å². The lowest BCUT2D eigenvalue weighted by Crippen LogP contribution is -2.37. The van der Waals surface area contributed by atoms with Crippen molar-refractivity contribution < 1.29 is 5.11 Å². The number of aliphatic hydroxyl groups excluding tert-OH is 1. The molecule has 0 unspecified atom stereocenters. The first-order valence-electron chi connectivity index (χ1n) is 3.11. The van der Waals surface area contributed by atoms with Crippen LogP contribution in [0.3, 0.4) is 0 Å². The van der Waals surface area contributed by atoms with Gasteiger partial charge in [0.05, 0.1) is 6.67 Å². The molecule has 0 amide bonds. The predicted molar refractivity (Wildman–Crippen MR) is 34.4 cm³/mol. The van der Waals surface area contributed by atoms with Crippen LogP contribution in [-0.2, 0) is 0 Å². The molecule has 0 saturated carbocycles. The van der Waals surface area contributed by atoms with Crippen molar-refractivity contribution in [2.24, 2.45) is 0 Å². The lowest BCUT2D eigenvalue weighted by Gasteiger charge is -2.13. The van der Waals surface area contributed by atoms with Crippen molar-refractivity contribution in [2.45, 2.75) is 0 Å². The third kappa shape index (κ3) is 1.91. The summed E-state index contributed by atoms with van der Waals surface area (Å²) in [4.78, 5) is 2.18. The van der Waals surface area contributed by atoms with Crippen molar-refractivity contribution in [3.05, 3.63) is 0 Å². The quantitative estimate of drug-likeness (QED) is 0.454. The molecule has 2 N–H and O–H groups in total. The first-order valence-corrected chi connectivity index (χ1v) is 3.11. The number of hydrogen-bond donors (Lipinski definition) is 2. The molecule has 1 rings (SSSR count). The Kier molecular flexibility index (Phi) is 2.41. The first kappa shape index (κ1) is 6.95. The highest BCUT2D eigenvalue weighted by Crippen LogP contribution is 1.95. The molecule has 1 fully saturated rings. The Labute approximate surface area is 55.0 Å². The van der Waals surface area contributed by atoms with Crippen molar-refractivity contribution in [1.29, 1.82) is 0 Å². The van der Waals surface area contributed by atoms with Crippen LogP contribution in [-0.4, -0.2) is 48.6 Å². The van der Waals surface area contributed by atoms with Crippen molar-refractivity contribution in [1.82, 2.24) is 15.3 Å². The van der Waals surface area contributed by atoms with Gasteiger partial charge in [0.15, 0.2) is 0 Å². The van der Waals surface area contributed by atoms with E-state index < -0.39 is 0 Å². The molecule has 0 aromatic heterocycles. The molecule has 9 heavy (non-hydrogen) atoms. The van der Waals surface area contributed by atoms with Gasteiger partial charge >= 0.3 is 0 Å². The topological polar surface area (TPSA) is 38.7 Å². The molecule has 4 heteroatoms. The fraction of sp³-hybridized carbons (Fsp3) is 1.00. The van der Waals surface area contributed by atoms with Crippen LogP contribution >= 0.6 is 0 Å². The minimum atomic E-state index is 0.0356. The maximum Gasteiger partial charge on any atom is 0.106 e. The SMILES string of the molecule is CN1CCN(NCO)C1. The lowest BCUT2D eigenvalue weighted by molar-refractivity contribution is 0.119. The number of aliphatic hydroxyl groups is 1. The molecule has 0 aliphatic carbocycles. The highest BCUT2D eigenvalue weighted by molar-refractivity contribution is 4.62. The van der Waals surface area contributed by atoms with E-state index in [1.807, 2.05) is 5.01 Å². The number of likely N-dealkylation sites (N-methyl/N-ethyl adjacent to an activating group) is 1. The summed E-state index contributed by atoms with van der Waals surface area (Å²) in [6.07, 6.45) is 0. The average molecular weight is 131 g/mol. The highest BCUT2D eigenvalue weighted by atomic mass is 16.3. The second kappa shape index (κ2) is 3.12. The van der Waals surface area contributed by atoms with Gasteiger partial charge in [0.1, 0.15) is 6.73 Å². The first-order chi connectivity index (χ1) is 4.33. The van der Waals surface area contributed by atoms with Gasteiger partial charge in [-0.1, -0.05) is 0 Å². The number of hydrogen-bond acceptors (Lipinski definition) is 4. The summed E-state index contributed by atoms with van der Waals surface area (Å²) in [5.41, 5.74) is 2.82. The number of nitrogens with zero attached hydrogens (tertiary/aromatic N) is 2. The van der Waals surface area contributed by atoms with Crippen molar-refractivity contribution in [2.75, 3.05) is 33.5 Å². The molecule has 1 heterocycles. The smallest absolute Gasteiger partial charge is 0.106 e. The van der Waals surface area contributed by atoms with Crippen LogP contribution in [0.4, 0.5) is 0 Å². The van der Waals surface area contributed by atoms with Crippen LogP contribution in [0.1, 0.15) is 0 Å². The summed E-state index contributed by atoms with van der Waals surface area (Å²) >= 11 is 0. The van der Waals surface area contributed by atoms with E-state index in [0.29, 0.717) is 0 Å². The van der Waals surface area contributed by atoms with Gasteiger partial charge in [0.25, 0.3) is 0 Å². The van der Waals surface area contributed by atoms with Gasteiger partial charge in [-0.15, -0.1) is 0 Å². The molecule has 0 bridgehead atoms. The predicted octanol–water partition coefficient (Wildman–Crippen LogP) is -1.35. The monoisotopic (exact) mass is 131 g/mol. The van der Waals surface area contributed by atoms with Gasteiger partial charge < -0.3 is 5.11 Å². The molecule has 1 aliphatic heterocycles. The molecule has 0 radical (unpaired) electrons. The van der Waals surface area contributed by atoms with Crippen LogP contribution in [0.25, 0.3) is 0 Å². The van der Waals surface area contributed by atoms with Crippen LogP contribution in [0, 0.1) is 0 Å². The lowest BCUT2D eigenvalue weighted by atomic mass is 10.6. The average Bonchev–Trinajstić information content (AvgIpc) is 2.17. The molecular weight excluding hydrogens is 118 g/mol. The summed E-state index contributed by atoms with van der Waals surface area (Å²) in [7, 11) is 2.05. The largest absolute Gasteiger partial charge is 0.380 e. The summed E-state index contributed by atoms with van der Waals surface area (Å²) in [5.74, 6) is 0. The van der Waals surface area contributed by atoms with Gasteiger partial charge in [0, 0.05) is 13.1 Å². The molecule has 0 spiro atoms. The maximum atomic E-state index is 8.44. The maximum absolute atomic E-state index is 8.44. The van der Waals surface area contributed by atoms with Gasteiger partial charge in [-0.25, -0.2) is 10.4 Å². The molecule has 0 atom stereocenters. The summed E-state index contributed by atoms with van der Waals surface area (Å²) < 4.78 is 0. The Morgan fingerprint density at radius 2 is 2.33 bits per heavy atom. The van der Waals surface area contributed by atoms with Gasteiger partial charge in [-0.2, -0.15) is 0 Å². The van der Waals surface area contributed by atoms with Crippen molar-refractivity contribution >= 4 is 0 Å². The molecule has 0 aromatic carbocycles. The molecular formula is C5H13N3O. The fourth-order valence-electron chi connectivity index (χ4n) is 0.953. The Morgan fingerprint density at radius 3 is 2.78 bits per heavy atom. The molecule has 4 nitrogen and oxygen atoms in total. The summed E-state index contributed by atoms with van der Waals surface area (Å²) in [5, 5.41) is 10.4. The minimum Gasteiger partial charge on any atom is -0.380 e. The molecule has 1 aliphatic rings. The van der Waals surface area contributed by atoms with E-state index in [-0.39, 0.29) is 6.73 Å². The third-order valence-corrected chi connectivity index (χ3v) is 1.46. The Morgan fingerprint density at radius 1 is 1.56 bits per heavy atom. The zero-order valence-electron chi connectivity index (χ0n) is 5.67. The van der Waals surface area contributed by atoms with E-state index in [4.69, 9.17) is 5.11 Å². The van der Waals surface area contributed by atoms with Crippen LogP contribution in [0.5, 0.6) is 0 Å². The zero-order chi connectivity index (χ0) is 6.69. The standard InChI is InChI=1S/C5H13N3O/c1-7-2-3-8(5-7)6-4-9/h6,9H,2-5H2,1H3. The molecule has 1 saturated heterocycles. The van der Waals surface area contributed by atoms with Crippen LogP contribution in [0.2, 0.25) is 0 Å². The third-order valence-electron chi connectivity index (χ3n) is 1.46. The van der Waals surface area contributed by atoms with E-state index >= 15 is 0 Å². The Bertz CT molecular complexity index is 86.3. The summed E-state index contributed by atoms with van der Waals surface area (Å²) in [6.45, 7) is 3.01. The van der Waals surface area contributed by atoms with E-state index in [1.165, 1.54) is 0 Å². The highest BCUT2D eigenvalue weighted by Gasteiger charge is 2.14. The van der Waals surface area contributed by atoms with Crippen molar-refractivity contribution in [3.8, 4) is 0 Å². The minimum absolute atomic E-state index is 0.0356. The van der Waals surface area contributed by atoms with E-state index in [2.05, 4.69) is 17.4 Å². The van der Waals surface area contributed by atoms with Gasteiger partial charge in [-0.3, -0.25) is 4.90 Å². The molecule has 0 aromatic rings. The van der Waals surface area contributed by atoms with Crippen LogP contribution in [0.15, 0.2) is 0 Å². The Balaban J connectivity index is 2.14. The molecule has 54 valence electrons. The van der Waals surface area contributed by atoms with Crippen molar-refractivity contribution in [3.63, 3.8) is 0 Å². The Hall–Kier alpha value is -0.160. The second-order valence-electron chi connectivity index (χ2n) is 2.30. The van der Waals surface area contributed by atoms with E-state index in [1.54, 1.807) is 0 Å². The zero-order valence-corrected chi connectivity index (χ0v) is 5.67.